The Hall–Kier alpha value is -1.16. The highest BCUT2D eigenvalue weighted by molar-refractivity contribution is 7.89. The van der Waals surface area contributed by atoms with Crippen molar-refractivity contribution < 1.29 is 26.3 Å². The molecule has 2 N–H and O–H groups in total. The molecular weight excluding hydrogens is 309 g/mol. The van der Waals surface area contributed by atoms with Gasteiger partial charge in [0.25, 0.3) is 0 Å². The molecule has 0 atom stereocenters. The molecule has 1 aliphatic heterocycles. The first-order chi connectivity index (χ1) is 9.68. The molecule has 0 spiro atoms. The Labute approximate surface area is 120 Å². The number of morpholine rings is 1. The van der Waals surface area contributed by atoms with Crippen LogP contribution in [0.4, 0.5) is 13.2 Å². The van der Waals surface area contributed by atoms with Crippen LogP contribution in [-0.2, 0) is 27.5 Å². The van der Waals surface area contributed by atoms with Crippen LogP contribution in [0.1, 0.15) is 11.1 Å². The fourth-order valence-electron chi connectivity index (χ4n) is 2.13. The van der Waals surface area contributed by atoms with Crippen LogP contribution in [-0.4, -0.2) is 39.6 Å². The number of nitrogens with two attached hydrogens (primary N) is 1. The Morgan fingerprint density at radius 3 is 2.38 bits per heavy atom. The van der Waals surface area contributed by atoms with E-state index in [1.165, 1.54) is 0 Å². The summed E-state index contributed by atoms with van der Waals surface area (Å²) >= 11 is 0. The predicted octanol–water partition coefficient (Wildman–Crippen LogP) is 1.19. The summed E-state index contributed by atoms with van der Waals surface area (Å²) in [6.07, 6.45) is -4.64. The fourth-order valence-corrected chi connectivity index (χ4v) is 2.67. The zero-order chi connectivity index (χ0) is 15.7. The molecule has 118 valence electrons. The van der Waals surface area contributed by atoms with Crippen molar-refractivity contribution in [2.24, 2.45) is 5.14 Å². The summed E-state index contributed by atoms with van der Waals surface area (Å²) in [6, 6.07) is 2.85. The highest BCUT2D eigenvalue weighted by atomic mass is 32.2. The van der Waals surface area contributed by atoms with E-state index in [1.54, 1.807) is 0 Å². The number of rotatable bonds is 3. The number of halogens is 3. The maximum Gasteiger partial charge on any atom is 0.416 e. The standard InChI is InChI=1S/C12H15F3N2O3S/c13-12(14,15)11-7-10(21(16,18)19)2-1-9(11)8-17-3-5-20-6-4-17/h1-2,7H,3-6,8H2,(H2,16,18,19). The maximum atomic E-state index is 13.1. The summed E-state index contributed by atoms with van der Waals surface area (Å²) in [5.74, 6) is 0. The first kappa shape index (κ1) is 16.2. The van der Waals surface area contributed by atoms with Gasteiger partial charge in [0.15, 0.2) is 0 Å². The van der Waals surface area contributed by atoms with Gasteiger partial charge in [0.2, 0.25) is 10.0 Å². The van der Waals surface area contributed by atoms with E-state index in [9.17, 15) is 21.6 Å². The lowest BCUT2D eigenvalue weighted by Gasteiger charge is -2.27. The van der Waals surface area contributed by atoms with Crippen LogP contribution < -0.4 is 5.14 Å². The number of primary sulfonamides is 1. The second-order valence-corrected chi connectivity index (χ2v) is 6.31. The van der Waals surface area contributed by atoms with Gasteiger partial charge < -0.3 is 4.74 Å². The van der Waals surface area contributed by atoms with Crippen molar-refractivity contribution in [3.8, 4) is 0 Å². The second-order valence-electron chi connectivity index (χ2n) is 4.75. The van der Waals surface area contributed by atoms with Crippen LogP contribution in [0.25, 0.3) is 0 Å². The van der Waals surface area contributed by atoms with Gasteiger partial charge in [0.05, 0.1) is 23.7 Å². The van der Waals surface area contributed by atoms with Crippen molar-refractivity contribution in [1.29, 1.82) is 0 Å². The van der Waals surface area contributed by atoms with Crippen molar-refractivity contribution in [3.05, 3.63) is 29.3 Å². The van der Waals surface area contributed by atoms with Gasteiger partial charge in [-0.3, -0.25) is 4.90 Å². The van der Waals surface area contributed by atoms with Crippen LogP contribution in [0.3, 0.4) is 0 Å². The molecule has 0 aromatic heterocycles. The zero-order valence-electron chi connectivity index (χ0n) is 11.1. The molecule has 1 fully saturated rings. The van der Waals surface area contributed by atoms with E-state index in [2.05, 4.69) is 0 Å². The lowest BCUT2D eigenvalue weighted by atomic mass is 10.1. The number of hydrogen-bond donors (Lipinski definition) is 1. The number of benzene rings is 1. The molecule has 0 radical (unpaired) electrons. The third kappa shape index (κ3) is 4.16. The van der Waals surface area contributed by atoms with Crippen LogP contribution >= 0.6 is 0 Å². The van der Waals surface area contributed by atoms with E-state index in [0.717, 1.165) is 12.1 Å². The Kier molecular flexibility index (Phi) is 4.57. The number of sulfonamides is 1. The summed E-state index contributed by atoms with van der Waals surface area (Å²) in [5, 5.41) is 4.88. The van der Waals surface area contributed by atoms with Crippen LogP contribution in [0.5, 0.6) is 0 Å². The summed E-state index contributed by atoms with van der Waals surface area (Å²) in [6.45, 7) is 2.10. The normalized spacial score (nSPS) is 17.9. The lowest BCUT2D eigenvalue weighted by Crippen LogP contribution is -2.36. The lowest BCUT2D eigenvalue weighted by molar-refractivity contribution is -0.138. The summed E-state index contributed by atoms with van der Waals surface area (Å²) in [7, 11) is -4.17. The number of ether oxygens (including phenoxy) is 1. The molecule has 0 saturated carbocycles. The van der Waals surface area contributed by atoms with Gasteiger partial charge in [0.1, 0.15) is 0 Å². The van der Waals surface area contributed by atoms with E-state index < -0.39 is 26.7 Å². The zero-order valence-corrected chi connectivity index (χ0v) is 11.9. The van der Waals surface area contributed by atoms with Gasteiger partial charge in [-0.25, -0.2) is 13.6 Å². The van der Waals surface area contributed by atoms with E-state index in [0.29, 0.717) is 32.4 Å². The van der Waals surface area contributed by atoms with Gasteiger partial charge in [-0.1, -0.05) is 6.07 Å². The smallest absolute Gasteiger partial charge is 0.379 e. The fraction of sp³-hybridized carbons (Fsp3) is 0.500. The molecule has 1 aromatic carbocycles. The average molecular weight is 324 g/mol. The first-order valence-electron chi connectivity index (χ1n) is 6.21. The molecular formula is C12H15F3N2O3S. The minimum absolute atomic E-state index is 0.0248. The first-order valence-corrected chi connectivity index (χ1v) is 7.75. The van der Waals surface area contributed by atoms with E-state index in [1.807, 2.05) is 4.90 Å². The molecule has 21 heavy (non-hydrogen) atoms. The molecule has 1 heterocycles. The van der Waals surface area contributed by atoms with E-state index in [4.69, 9.17) is 9.88 Å². The molecule has 1 saturated heterocycles. The molecule has 0 amide bonds. The minimum atomic E-state index is -4.64. The molecule has 5 nitrogen and oxygen atoms in total. The van der Waals surface area contributed by atoms with Crippen LogP contribution in [0, 0.1) is 0 Å². The van der Waals surface area contributed by atoms with Crippen LogP contribution in [0.15, 0.2) is 23.1 Å². The number of nitrogens with zero attached hydrogens (tertiary/aromatic N) is 1. The third-order valence-electron chi connectivity index (χ3n) is 3.21. The van der Waals surface area contributed by atoms with Gasteiger partial charge >= 0.3 is 6.18 Å². The van der Waals surface area contributed by atoms with Gasteiger partial charge in [-0.05, 0) is 17.7 Å². The SMILES string of the molecule is NS(=O)(=O)c1ccc(CN2CCOCC2)c(C(F)(F)F)c1. The van der Waals surface area contributed by atoms with Gasteiger partial charge in [0, 0.05) is 19.6 Å². The highest BCUT2D eigenvalue weighted by Crippen LogP contribution is 2.34. The highest BCUT2D eigenvalue weighted by Gasteiger charge is 2.34. The second kappa shape index (κ2) is 5.91. The van der Waals surface area contributed by atoms with Crippen molar-refractivity contribution in [2.75, 3.05) is 26.3 Å². The van der Waals surface area contributed by atoms with Crippen molar-refractivity contribution >= 4 is 10.0 Å². The quantitative estimate of drug-likeness (QED) is 0.906. The van der Waals surface area contributed by atoms with Crippen molar-refractivity contribution in [3.63, 3.8) is 0 Å². The minimum Gasteiger partial charge on any atom is -0.379 e. The van der Waals surface area contributed by atoms with Crippen molar-refractivity contribution in [1.82, 2.24) is 4.90 Å². The largest absolute Gasteiger partial charge is 0.416 e. The summed E-state index contributed by atoms with van der Waals surface area (Å²) < 4.78 is 66.8. The predicted molar refractivity (Wildman–Crippen MR) is 68.9 cm³/mol. The Bertz CT molecular complexity index is 611. The molecule has 0 aliphatic carbocycles. The monoisotopic (exact) mass is 324 g/mol. The molecule has 0 bridgehead atoms. The Balaban J connectivity index is 2.36. The van der Waals surface area contributed by atoms with E-state index in [-0.39, 0.29) is 12.1 Å². The summed E-state index contributed by atoms with van der Waals surface area (Å²) in [5.41, 5.74) is -0.947. The van der Waals surface area contributed by atoms with Gasteiger partial charge in [-0.15, -0.1) is 0 Å². The average Bonchev–Trinajstić information content (AvgIpc) is 2.38. The van der Waals surface area contributed by atoms with Gasteiger partial charge in [-0.2, -0.15) is 13.2 Å². The van der Waals surface area contributed by atoms with Crippen molar-refractivity contribution in [2.45, 2.75) is 17.6 Å². The van der Waals surface area contributed by atoms with Crippen LogP contribution in [0.2, 0.25) is 0 Å². The maximum absolute atomic E-state index is 13.1. The molecule has 0 unspecified atom stereocenters. The molecule has 1 aromatic rings. The Morgan fingerprint density at radius 2 is 1.86 bits per heavy atom. The molecule has 1 aliphatic rings. The molecule has 2 rings (SSSR count). The number of hydrogen-bond acceptors (Lipinski definition) is 4. The number of alkyl halides is 3. The topological polar surface area (TPSA) is 72.6 Å². The summed E-state index contributed by atoms with van der Waals surface area (Å²) in [4.78, 5) is 1.28. The van der Waals surface area contributed by atoms with E-state index >= 15 is 0 Å². The molecule has 9 heteroatoms. The third-order valence-corrected chi connectivity index (χ3v) is 4.12. The Morgan fingerprint density at radius 1 is 1.24 bits per heavy atom.